The van der Waals surface area contributed by atoms with Gasteiger partial charge in [0.2, 0.25) is 11.8 Å². The molecule has 1 aliphatic heterocycles. The van der Waals surface area contributed by atoms with Crippen molar-refractivity contribution in [2.24, 2.45) is 0 Å². The smallest absolute Gasteiger partial charge is 0.253 e. The van der Waals surface area contributed by atoms with Gasteiger partial charge in [-0.15, -0.1) is 0 Å². The van der Waals surface area contributed by atoms with Gasteiger partial charge in [0.1, 0.15) is 6.04 Å². The minimum Gasteiger partial charge on any atom is -0.346 e. The van der Waals surface area contributed by atoms with Crippen LogP contribution in [0.15, 0.2) is 48.7 Å². The fourth-order valence-electron chi connectivity index (χ4n) is 2.59. The summed E-state index contributed by atoms with van der Waals surface area (Å²) >= 11 is 0. The summed E-state index contributed by atoms with van der Waals surface area (Å²) in [5.41, 5.74) is 1.51. The van der Waals surface area contributed by atoms with Crippen LogP contribution in [0.5, 0.6) is 0 Å². The summed E-state index contributed by atoms with van der Waals surface area (Å²) in [6.07, 6.45) is 2.45. The average Bonchev–Trinajstić information content (AvgIpc) is 3.07. The van der Waals surface area contributed by atoms with Crippen LogP contribution in [0.3, 0.4) is 0 Å². The fourth-order valence-corrected chi connectivity index (χ4v) is 2.59. The Balaban J connectivity index is 1.66. The van der Waals surface area contributed by atoms with Crippen molar-refractivity contribution in [3.63, 3.8) is 0 Å². The molecule has 0 unspecified atom stereocenters. The van der Waals surface area contributed by atoms with E-state index in [-0.39, 0.29) is 17.7 Å². The molecule has 7 heteroatoms. The minimum atomic E-state index is -0.558. The number of nitrogens with one attached hydrogen (secondary N) is 3. The minimum absolute atomic E-state index is 0.137. The number of carbonyl (C=O) groups is 3. The molecule has 3 rings (SSSR count). The largest absolute Gasteiger partial charge is 0.346 e. The van der Waals surface area contributed by atoms with E-state index in [1.165, 1.54) is 0 Å². The van der Waals surface area contributed by atoms with Crippen molar-refractivity contribution < 1.29 is 14.4 Å². The Kier molecular flexibility index (Phi) is 5.03. The van der Waals surface area contributed by atoms with E-state index in [4.69, 9.17) is 0 Å². The van der Waals surface area contributed by atoms with Gasteiger partial charge >= 0.3 is 0 Å². The molecule has 1 atom stereocenters. The molecule has 1 saturated heterocycles. The first-order valence-electron chi connectivity index (χ1n) is 8.01. The molecule has 1 aliphatic rings. The Morgan fingerprint density at radius 3 is 2.68 bits per heavy atom. The molecule has 0 bridgehead atoms. The summed E-state index contributed by atoms with van der Waals surface area (Å²) in [7, 11) is 0. The van der Waals surface area contributed by atoms with Crippen LogP contribution in [-0.4, -0.2) is 28.7 Å². The van der Waals surface area contributed by atoms with E-state index in [1.54, 1.807) is 36.5 Å². The van der Waals surface area contributed by atoms with E-state index in [1.807, 2.05) is 12.1 Å². The van der Waals surface area contributed by atoms with E-state index in [2.05, 4.69) is 20.9 Å². The van der Waals surface area contributed by atoms with Crippen LogP contribution in [0.2, 0.25) is 0 Å². The highest BCUT2D eigenvalue weighted by Gasteiger charge is 2.27. The molecular formula is C18H18N4O3. The Bertz CT molecular complexity index is 792. The molecule has 0 spiro atoms. The standard InChI is InChI=1S/C18H18N4O3/c23-16-9-8-15(21-16)18(25)22-14-7-2-1-6-13(14)17(24)20-11-12-5-3-4-10-19-12/h1-7,10,15H,8-9,11H2,(H,20,24)(H,21,23)(H,22,25)/t15-/m1/s1. The van der Waals surface area contributed by atoms with Crippen LogP contribution in [0.25, 0.3) is 0 Å². The Morgan fingerprint density at radius 2 is 1.96 bits per heavy atom. The second-order valence-electron chi connectivity index (χ2n) is 5.70. The number of hydrogen-bond acceptors (Lipinski definition) is 4. The van der Waals surface area contributed by atoms with Gasteiger partial charge in [-0.1, -0.05) is 18.2 Å². The van der Waals surface area contributed by atoms with Gasteiger partial charge in [-0.05, 0) is 30.7 Å². The lowest BCUT2D eigenvalue weighted by atomic mass is 10.1. The number of pyridine rings is 1. The topological polar surface area (TPSA) is 100 Å². The molecule has 0 radical (unpaired) electrons. The van der Waals surface area contributed by atoms with Crippen molar-refractivity contribution in [1.82, 2.24) is 15.6 Å². The van der Waals surface area contributed by atoms with Gasteiger partial charge in [-0.3, -0.25) is 19.4 Å². The summed E-state index contributed by atoms with van der Waals surface area (Å²) in [5.74, 6) is -0.769. The van der Waals surface area contributed by atoms with Gasteiger partial charge in [0.05, 0.1) is 23.5 Å². The molecule has 3 amide bonds. The fraction of sp³-hybridized carbons (Fsp3) is 0.222. The Labute approximate surface area is 144 Å². The number of hydrogen-bond donors (Lipinski definition) is 3. The van der Waals surface area contributed by atoms with Crippen molar-refractivity contribution in [2.45, 2.75) is 25.4 Å². The zero-order valence-corrected chi connectivity index (χ0v) is 13.5. The van der Waals surface area contributed by atoms with Crippen LogP contribution in [-0.2, 0) is 16.1 Å². The second-order valence-corrected chi connectivity index (χ2v) is 5.70. The third kappa shape index (κ3) is 4.20. The van der Waals surface area contributed by atoms with E-state index < -0.39 is 6.04 Å². The number of anilines is 1. The summed E-state index contributed by atoms with van der Waals surface area (Å²) < 4.78 is 0. The van der Waals surface area contributed by atoms with Crippen LogP contribution >= 0.6 is 0 Å². The first kappa shape index (κ1) is 16.6. The maximum absolute atomic E-state index is 12.4. The van der Waals surface area contributed by atoms with Gasteiger partial charge in [-0.25, -0.2) is 0 Å². The van der Waals surface area contributed by atoms with Crippen molar-refractivity contribution in [3.05, 3.63) is 59.9 Å². The molecule has 0 saturated carbocycles. The molecule has 25 heavy (non-hydrogen) atoms. The third-order valence-electron chi connectivity index (χ3n) is 3.90. The van der Waals surface area contributed by atoms with Gasteiger partial charge in [-0.2, -0.15) is 0 Å². The summed E-state index contributed by atoms with van der Waals surface area (Å²) in [6, 6.07) is 11.7. The maximum atomic E-state index is 12.4. The normalized spacial score (nSPS) is 16.2. The molecule has 1 aromatic carbocycles. The number of rotatable bonds is 5. The predicted octanol–water partition coefficient (Wildman–Crippen LogP) is 1.23. The summed E-state index contributed by atoms with van der Waals surface area (Å²) in [5, 5.41) is 8.11. The van der Waals surface area contributed by atoms with Crippen LogP contribution in [0.1, 0.15) is 28.9 Å². The van der Waals surface area contributed by atoms with Crippen LogP contribution in [0.4, 0.5) is 5.69 Å². The van der Waals surface area contributed by atoms with E-state index >= 15 is 0 Å². The highest BCUT2D eigenvalue weighted by Crippen LogP contribution is 2.17. The third-order valence-corrected chi connectivity index (χ3v) is 3.90. The molecule has 1 aromatic heterocycles. The number of benzene rings is 1. The number of para-hydroxylation sites is 1. The predicted molar refractivity (Wildman–Crippen MR) is 91.6 cm³/mol. The quantitative estimate of drug-likeness (QED) is 0.763. The number of amides is 3. The molecular weight excluding hydrogens is 320 g/mol. The number of aromatic nitrogens is 1. The highest BCUT2D eigenvalue weighted by atomic mass is 16.2. The molecule has 2 heterocycles. The lowest BCUT2D eigenvalue weighted by molar-refractivity contribution is -0.122. The highest BCUT2D eigenvalue weighted by molar-refractivity contribution is 6.05. The van der Waals surface area contributed by atoms with E-state index in [0.717, 1.165) is 5.69 Å². The Morgan fingerprint density at radius 1 is 1.16 bits per heavy atom. The maximum Gasteiger partial charge on any atom is 0.253 e. The molecule has 128 valence electrons. The lowest BCUT2D eigenvalue weighted by Gasteiger charge is -2.14. The van der Waals surface area contributed by atoms with Gasteiger partial charge < -0.3 is 16.0 Å². The van der Waals surface area contributed by atoms with Crippen molar-refractivity contribution in [3.8, 4) is 0 Å². The van der Waals surface area contributed by atoms with E-state index in [9.17, 15) is 14.4 Å². The van der Waals surface area contributed by atoms with Crippen molar-refractivity contribution in [2.75, 3.05) is 5.32 Å². The molecule has 2 aromatic rings. The summed E-state index contributed by atoms with van der Waals surface area (Å²) in [6.45, 7) is 0.292. The monoisotopic (exact) mass is 338 g/mol. The molecule has 7 nitrogen and oxygen atoms in total. The Hall–Kier alpha value is -3.22. The average molecular weight is 338 g/mol. The number of carbonyl (C=O) groups excluding carboxylic acids is 3. The van der Waals surface area contributed by atoms with Gasteiger partial charge in [0, 0.05) is 12.6 Å². The second kappa shape index (κ2) is 7.57. The first-order chi connectivity index (χ1) is 12.1. The molecule has 0 aliphatic carbocycles. The van der Waals surface area contributed by atoms with E-state index in [0.29, 0.717) is 30.6 Å². The number of nitrogens with zero attached hydrogens (tertiary/aromatic N) is 1. The first-order valence-corrected chi connectivity index (χ1v) is 8.01. The van der Waals surface area contributed by atoms with Crippen LogP contribution in [0, 0.1) is 0 Å². The zero-order chi connectivity index (χ0) is 17.6. The molecule has 1 fully saturated rings. The van der Waals surface area contributed by atoms with Gasteiger partial charge in [0.25, 0.3) is 5.91 Å². The van der Waals surface area contributed by atoms with Crippen LogP contribution < -0.4 is 16.0 Å². The van der Waals surface area contributed by atoms with Crippen molar-refractivity contribution in [1.29, 1.82) is 0 Å². The van der Waals surface area contributed by atoms with Crippen molar-refractivity contribution >= 4 is 23.4 Å². The SMILES string of the molecule is O=C1CC[C@H](C(=O)Nc2ccccc2C(=O)NCc2ccccn2)N1. The summed E-state index contributed by atoms with van der Waals surface area (Å²) in [4.78, 5) is 40.1. The lowest BCUT2D eigenvalue weighted by Crippen LogP contribution is -2.37. The van der Waals surface area contributed by atoms with Gasteiger partial charge in [0.15, 0.2) is 0 Å². The molecule has 3 N–H and O–H groups in total. The zero-order valence-electron chi connectivity index (χ0n) is 13.5.